The number of benzene rings is 1. The highest BCUT2D eigenvalue weighted by molar-refractivity contribution is 14.1. The minimum Gasteiger partial charge on any atom is -0.372 e. The van der Waals surface area contributed by atoms with E-state index < -0.39 is 5.82 Å². The van der Waals surface area contributed by atoms with Crippen LogP contribution >= 0.6 is 34.2 Å². The van der Waals surface area contributed by atoms with E-state index in [1.54, 1.807) is 13.1 Å². The van der Waals surface area contributed by atoms with Gasteiger partial charge in [0.05, 0.1) is 14.3 Å². The Labute approximate surface area is 129 Å². The summed E-state index contributed by atoms with van der Waals surface area (Å²) < 4.78 is 14.5. The summed E-state index contributed by atoms with van der Waals surface area (Å²) in [7, 11) is 1.80. The van der Waals surface area contributed by atoms with Crippen LogP contribution in [0.2, 0.25) is 5.02 Å². The normalized spacial score (nSPS) is 10.6. The van der Waals surface area contributed by atoms with Crippen LogP contribution in [0, 0.1) is 9.39 Å². The van der Waals surface area contributed by atoms with Crippen molar-refractivity contribution in [3.05, 3.63) is 38.3 Å². The Morgan fingerprint density at radius 2 is 2.11 bits per heavy atom. The fraction of sp³-hybridized carbons (Fsp3) is 0.231. The van der Waals surface area contributed by atoms with Crippen LogP contribution in [0.25, 0.3) is 11.4 Å². The molecule has 19 heavy (non-hydrogen) atoms. The highest BCUT2D eigenvalue weighted by atomic mass is 127. The lowest BCUT2D eigenvalue weighted by molar-refractivity contribution is 0.628. The van der Waals surface area contributed by atoms with Crippen molar-refractivity contribution in [2.75, 3.05) is 12.4 Å². The molecule has 0 amide bonds. The van der Waals surface area contributed by atoms with Gasteiger partial charge in [0.1, 0.15) is 11.6 Å². The molecule has 0 aliphatic heterocycles. The van der Waals surface area contributed by atoms with Crippen molar-refractivity contribution in [3.8, 4) is 11.4 Å². The van der Waals surface area contributed by atoms with Gasteiger partial charge in [0.15, 0.2) is 5.82 Å². The molecule has 2 rings (SSSR count). The van der Waals surface area contributed by atoms with Gasteiger partial charge in [-0.25, -0.2) is 14.4 Å². The maximum Gasteiger partial charge on any atom is 0.161 e. The number of hydrogen-bond donors (Lipinski definition) is 1. The molecular weight excluding hydrogens is 380 g/mol. The van der Waals surface area contributed by atoms with E-state index in [1.807, 2.05) is 6.92 Å². The van der Waals surface area contributed by atoms with E-state index in [2.05, 4.69) is 37.9 Å². The number of aryl methyl sites for hydroxylation is 1. The summed E-state index contributed by atoms with van der Waals surface area (Å²) in [5.41, 5.74) is 1.55. The molecule has 0 atom stereocenters. The smallest absolute Gasteiger partial charge is 0.161 e. The van der Waals surface area contributed by atoms with E-state index in [4.69, 9.17) is 11.6 Å². The number of nitrogens with zero attached hydrogens (tertiary/aromatic N) is 2. The third-order valence-electron chi connectivity index (χ3n) is 2.67. The zero-order valence-corrected chi connectivity index (χ0v) is 13.4. The monoisotopic (exact) mass is 391 g/mol. The Morgan fingerprint density at radius 3 is 2.68 bits per heavy atom. The van der Waals surface area contributed by atoms with Crippen molar-refractivity contribution in [2.24, 2.45) is 0 Å². The molecule has 0 aliphatic carbocycles. The Bertz CT molecular complexity index is 594. The lowest BCUT2D eigenvalue weighted by atomic mass is 10.2. The lowest BCUT2D eigenvalue weighted by Crippen LogP contribution is -2.04. The second-order valence-electron chi connectivity index (χ2n) is 3.89. The highest BCUT2D eigenvalue weighted by Crippen LogP contribution is 2.26. The van der Waals surface area contributed by atoms with E-state index in [0.717, 1.165) is 21.5 Å². The first kappa shape index (κ1) is 14.5. The van der Waals surface area contributed by atoms with Gasteiger partial charge in [0.25, 0.3) is 0 Å². The van der Waals surface area contributed by atoms with Crippen molar-refractivity contribution in [2.45, 2.75) is 13.3 Å². The van der Waals surface area contributed by atoms with Crippen molar-refractivity contribution in [3.63, 3.8) is 0 Å². The van der Waals surface area contributed by atoms with Gasteiger partial charge >= 0.3 is 0 Å². The zero-order chi connectivity index (χ0) is 14.0. The van der Waals surface area contributed by atoms with E-state index in [1.165, 1.54) is 12.1 Å². The van der Waals surface area contributed by atoms with E-state index in [0.29, 0.717) is 11.4 Å². The summed E-state index contributed by atoms with van der Waals surface area (Å²) >= 11 is 7.89. The Morgan fingerprint density at radius 1 is 1.37 bits per heavy atom. The van der Waals surface area contributed by atoms with Crippen molar-refractivity contribution in [1.82, 2.24) is 9.97 Å². The predicted molar refractivity (Wildman–Crippen MR) is 84.1 cm³/mol. The molecule has 1 aromatic carbocycles. The molecule has 3 nitrogen and oxygen atoms in total. The quantitative estimate of drug-likeness (QED) is 0.799. The van der Waals surface area contributed by atoms with Gasteiger partial charge in [-0.05, 0) is 47.2 Å². The largest absolute Gasteiger partial charge is 0.372 e. The SMILES string of the molecule is CCc1nc(-c2ccc(Cl)c(F)c2)nc(NC)c1I. The standard InChI is InChI=1S/C13H12ClFIN3/c1-3-10-11(16)13(17-2)19-12(18-10)7-4-5-8(14)9(15)6-7/h4-6H,3H2,1-2H3,(H,17,18,19). The Balaban J connectivity index is 2.58. The van der Waals surface area contributed by atoms with Crippen molar-refractivity contribution >= 4 is 40.0 Å². The first-order valence-corrected chi connectivity index (χ1v) is 7.22. The molecule has 1 aromatic heterocycles. The first-order chi connectivity index (χ1) is 9.06. The molecule has 0 spiro atoms. The Hall–Kier alpha value is -0.950. The van der Waals surface area contributed by atoms with Crippen LogP contribution in [0.15, 0.2) is 18.2 Å². The first-order valence-electron chi connectivity index (χ1n) is 5.76. The zero-order valence-electron chi connectivity index (χ0n) is 10.5. The average Bonchev–Trinajstić information content (AvgIpc) is 2.42. The minimum atomic E-state index is -0.467. The van der Waals surface area contributed by atoms with Gasteiger partial charge < -0.3 is 5.32 Å². The number of rotatable bonds is 3. The third kappa shape index (κ3) is 2.97. The van der Waals surface area contributed by atoms with Crippen LogP contribution in [-0.4, -0.2) is 17.0 Å². The molecule has 0 fully saturated rings. The van der Waals surface area contributed by atoms with Crippen LogP contribution in [0.5, 0.6) is 0 Å². The van der Waals surface area contributed by atoms with Crippen LogP contribution in [-0.2, 0) is 6.42 Å². The van der Waals surface area contributed by atoms with Gasteiger partial charge in [-0.3, -0.25) is 0 Å². The predicted octanol–water partition coefficient (Wildman–Crippen LogP) is 4.14. The van der Waals surface area contributed by atoms with E-state index in [9.17, 15) is 4.39 Å². The van der Waals surface area contributed by atoms with E-state index in [-0.39, 0.29) is 5.02 Å². The number of hydrogen-bond acceptors (Lipinski definition) is 3. The van der Waals surface area contributed by atoms with Crippen LogP contribution in [0.4, 0.5) is 10.2 Å². The summed E-state index contributed by atoms with van der Waals surface area (Å²) in [6.45, 7) is 2.02. The van der Waals surface area contributed by atoms with E-state index >= 15 is 0 Å². The van der Waals surface area contributed by atoms with Crippen LogP contribution < -0.4 is 5.32 Å². The number of anilines is 1. The molecule has 1 heterocycles. The summed E-state index contributed by atoms with van der Waals surface area (Å²) in [6, 6.07) is 4.58. The number of aromatic nitrogens is 2. The van der Waals surface area contributed by atoms with Gasteiger partial charge in [-0.1, -0.05) is 18.5 Å². The average molecular weight is 392 g/mol. The number of nitrogens with one attached hydrogen (secondary N) is 1. The minimum absolute atomic E-state index is 0.0961. The summed E-state index contributed by atoms with van der Waals surface area (Å²) in [5, 5.41) is 3.12. The number of halogens is 3. The Kier molecular flexibility index (Phi) is 4.57. The summed E-state index contributed by atoms with van der Waals surface area (Å²) in [6.07, 6.45) is 0.790. The van der Waals surface area contributed by atoms with Gasteiger partial charge in [-0.2, -0.15) is 0 Å². The van der Waals surface area contributed by atoms with Gasteiger partial charge in [0.2, 0.25) is 0 Å². The highest BCUT2D eigenvalue weighted by Gasteiger charge is 2.12. The summed E-state index contributed by atoms with van der Waals surface area (Å²) in [4.78, 5) is 8.87. The third-order valence-corrected chi connectivity index (χ3v) is 4.11. The van der Waals surface area contributed by atoms with Gasteiger partial charge in [0, 0.05) is 12.6 Å². The topological polar surface area (TPSA) is 37.8 Å². The maximum absolute atomic E-state index is 13.5. The molecule has 0 saturated carbocycles. The molecule has 0 radical (unpaired) electrons. The van der Waals surface area contributed by atoms with Crippen molar-refractivity contribution in [1.29, 1.82) is 0 Å². The summed E-state index contributed by atoms with van der Waals surface area (Å²) in [5.74, 6) is 0.778. The molecule has 100 valence electrons. The second kappa shape index (κ2) is 6.00. The molecule has 1 N–H and O–H groups in total. The molecular formula is C13H12ClFIN3. The maximum atomic E-state index is 13.5. The lowest BCUT2D eigenvalue weighted by Gasteiger charge is -2.10. The fourth-order valence-electron chi connectivity index (χ4n) is 1.66. The van der Waals surface area contributed by atoms with Gasteiger partial charge in [-0.15, -0.1) is 0 Å². The second-order valence-corrected chi connectivity index (χ2v) is 5.37. The van der Waals surface area contributed by atoms with Crippen LogP contribution in [0.3, 0.4) is 0 Å². The molecule has 2 aromatic rings. The molecule has 0 bridgehead atoms. The molecule has 0 saturated heterocycles. The van der Waals surface area contributed by atoms with Crippen molar-refractivity contribution < 1.29 is 4.39 Å². The molecule has 0 unspecified atom stereocenters. The van der Waals surface area contributed by atoms with Crippen LogP contribution in [0.1, 0.15) is 12.6 Å². The molecule has 0 aliphatic rings. The fourth-order valence-corrected chi connectivity index (χ4v) is 2.67. The molecule has 6 heteroatoms.